The monoisotopic (exact) mass is 404 g/mol. The number of anilines is 2. The number of nitrogens with two attached hydrogens (primary N) is 1. The molecule has 10 heteroatoms. The van der Waals surface area contributed by atoms with Crippen molar-refractivity contribution < 1.29 is 13.2 Å². The second kappa shape index (κ2) is 7.70. The highest BCUT2D eigenvalue weighted by Gasteiger charge is 2.21. The predicted molar refractivity (Wildman–Crippen MR) is 104 cm³/mol. The lowest BCUT2D eigenvalue weighted by molar-refractivity contribution is 0.146. The van der Waals surface area contributed by atoms with Crippen LogP contribution in [0.3, 0.4) is 0 Å². The van der Waals surface area contributed by atoms with E-state index in [0.29, 0.717) is 17.6 Å². The zero-order chi connectivity index (χ0) is 20.5. The van der Waals surface area contributed by atoms with E-state index in [1.54, 1.807) is 6.20 Å². The minimum absolute atomic E-state index is 0.0488. The van der Waals surface area contributed by atoms with Crippen molar-refractivity contribution in [1.29, 1.82) is 0 Å². The molecule has 0 spiro atoms. The van der Waals surface area contributed by atoms with Crippen LogP contribution >= 0.6 is 0 Å². The van der Waals surface area contributed by atoms with E-state index >= 15 is 0 Å². The summed E-state index contributed by atoms with van der Waals surface area (Å²) >= 11 is 0. The molecule has 1 aliphatic heterocycles. The Bertz CT molecular complexity index is 1100. The topological polar surface area (TPSA) is 99.9 Å². The fraction of sp³-hybridized carbons (Fsp3) is 0.316. The minimum Gasteiger partial charge on any atom is -0.369 e. The number of hydrogen-bond acceptors (Lipinski definition) is 6. The third kappa shape index (κ3) is 3.88. The van der Waals surface area contributed by atoms with Gasteiger partial charge < -0.3 is 16.0 Å². The molecule has 0 saturated carbocycles. The van der Waals surface area contributed by atoms with Crippen LogP contribution in [-0.2, 0) is 6.54 Å². The zero-order valence-corrected chi connectivity index (χ0v) is 15.3. The molecule has 29 heavy (non-hydrogen) atoms. The molecule has 0 aliphatic carbocycles. The number of nitrogens with one attached hydrogen (secondary N) is 2. The number of alkyl halides is 2. The van der Waals surface area contributed by atoms with Gasteiger partial charge in [0, 0.05) is 31.2 Å². The summed E-state index contributed by atoms with van der Waals surface area (Å²) in [6.45, 7) is 1.37. The highest BCUT2D eigenvalue weighted by molar-refractivity contribution is 5.88. The lowest BCUT2D eigenvalue weighted by Gasteiger charge is -2.18. The van der Waals surface area contributed by atoms with Crippen LogP contribution in [0.25, 0.3) is 11.0 Å². The Labute approximate surface area is 163 Å². The number of pyridine rings is 1. The molecule has 1 unspecified atom stereocenters. The fourth-order valence-corrected chi connectivity index (χ4v) is 3.44. The number of nitrogens with zero attached hydrogens (tertiary/aromatic N) is 3. The zero-order valence-electron chi connectivity index (χ0n) is 15.3. The molecular weight excluding hydrogens is 385 g/mol. The number of aromatic amines is 1. The van der Waals surface area contributed by atoms with Crippen LogP contribution in [0.2, 0.25) is 0 Å². The average molecular weight is 404 g/mol. The van der Waals surface area contributed by atoms with E-state index < -0.39 is 23.5 Å². The van der Waals surface area contributed by atoms with Gasteiger partial charge in [0.15, 0.2) is 0 Å². The van der Waals surface area contributed by atoms with E-state index in [-0.39, 0.29) is 24.0 Å². The smallest absolute Gasteiger partial charge is 0.348 e. The van der Waals surface area contributed by atoms with Gasteiger partial charge in [0.1, 0.15) is 17.3 Å². The third-order valence-corrected chi connectivity index (χ3v) is 4.95. The Morgan fingerprint density at radius 2 is 2.21 bits per heavy atom. The summed E-state index contributed by atoms with van der Waals surface area (Å²) < 4.78 is 40.1. The van der Waals surface area contributed by atoms with Gasteiger partial charge in [-0.1, -0.05) is 18.2 Å². The molecule has 0 bridgehead atoms. The summed E-state index contributed by atoms with van der Waals surface area (Å²) in [5, 5.41) is 3.41. The lowest BCUT2D eigenvalue weighted by Crippen LogP contribution is -2.26. The molecule has 1 atom stereocenters. The summed E-state index contributed by atoms with van der Waals surface area (Å²) in [7, 11) is 0. The quantitative estimate of drug-likeness (QED) is 0.604. The summed E-state index contributed by atoms with van der Waals surface area (Å²) in [5.41, 5.74) is 5.87. The van der Waals surface area contributed by atoms with Crippen LogP contribution in [0.1, 0.15) is 24.0 Å². The van der Waals surface area contributed by atoms with E-state index in [0.717, 1.165) is 24.7 Å². The Morgan fingerprint density at radius 3 is 2.93 bits per heavy atom. The molecule has 4 N–H and O–H groups in total. The summed E-state index contributed by atoms with van der Waals surface area (Å²) in [6, 6.07) is 5.71. The van der Waals surface area contributed by atoms with Crippen molar-refractivity contribution >= 4 is 22.5 Å². The Kier molecular flexibility index (Phi) is 5.10. The van der Waals surface area contributed by atoms with E-state index in [2.05, 4.69) is 25.2 Å². The van der Waals surface area contributed by atoms with Gasteiger partial charge >= 0.3 is 5.69 Å². The Morgan fingerprint density at radius 1 is 1.38 bits per heavy atom. The van der Waals surface area contributed by atoms with Crippen molar-refractivity contribution in [3.8, 4) is 0 Å². The minimum atomic E-state index is -2.91. The van der Waals surface area contributed by atoms with Crippen LogP contribution in [0, 0.1) is 5.82 Å². The largest absolute Gasteiger partial charge is 0.369 e. The highest BCUT2D eigenvalue weighted by atomic mass is 19.3. The summed E-state index contributed by atoms with van der Waals surface area (Å²) in [5.74, 6) is -0.780. The second-order valence-corrected chi connectivity index (χ2v) is 6.95. The van der Waals surface area contributed by atoms with Crippen LogP contribution in [0.4, 0.5) is 24.7 Å². The normalized spacial score (nSPS) is 16.7. The maximum Gasteiger partial charge on any atom is 0.348 e. The van der Waals surface area contributed by atoms with Gasteiger partial charge in [-0.15, -0.1) is 0 Å². The van der Waals surface area contributed by atoms with Gasteiger partial charge in [-0.3, -0.25) is 4.98 Å². The molecule has 0 amide bonds. The van der Waals surface area contributed by atoms with E-state index in [4.69, 9.17) is 5.73 Å². The molecule has 2 aromatic heterocycles. The molecule has 4 rings (SSSR count). The number of aromatic nitrogens is 3. The van der Waals surface area contributed by atoms with Gasteiger partial charge in [0.05, 0.1) is 22.8 Å². The number of fused-ring (bicyclic) bond motifs is 1. The standard InChI is InChI=1S/C19H19F3N6O/c20-15-10(2-1-3-13(15)16(21)22)7-24-17-14-6-12(28-5-4-11(23)9-28)8-25-18(14)27-19(29)26-17/h1-3,6,8,11,16H,4-5,7,9,23H2,(H2,24,25,26,27,29). The maximum atomic E-state index is 14.3. The second-order valence-electron chi connectivity index (χ2n) is 6.95. The van der Waals surface area contributed by atoms with Gasteiger partial charge in [-0.05, 0) is 12.5 Å². The van der Waals surface area contributed by atoms with Crippen LogP contribution < -0.4 is 21.6 Å². The number of hydrogen-bond donors (Lipinski definition) is 3. The molecule has 1 aliphatic rings. The van der Waals surface area contributed by atoms with Crippen molar-refractivity contribution in [3.63, 3.8) is 0 Å². The van der Waals surface area contributed by atoms with Crippen molar-refractivity contribution in [2.75, 3.05) is 23.3 Å². The number of halogens is 3. The van der Waals surface area contributed by atoms with E-state index in [9.17, 15) is 18.0 Å². The molecule has 1 saturated heterocycles. The Balaban J connectivity index is 1.66. The van der Waals surface area contributed by atoms with E-state index in [1.165, 1.54) is 12.1 Å². The first-order chi connectivity index (χ1) is 13.9. The molecule has 152 valence electrons. The molecule has 3 heterocycles. The van der Waals surface area contributed by atoms with Gasteiger partial charge in [-0.25, -0.2) is 22.9 Å². The fourth-order valence-electron chi connectivity index (χ4n) is 3.44. The predicted octanol–water partition coefficient (Wildman–Crippen LogP) is 2.54. The molecule has 0 radical (unpaired) electrons. The van der Waals surface area contributed by atoms with Crippen LogP contribution in [-0.4, -0.2) is 34.1 Å². The molecule has 1 fully saturated rings. The first-order valence-electron chi connectivity index (χ1n) is 9.12. The highest BCUT2D eigenvalue weighted by Crippen LogP contribution is 2.27. The van der Waals surface area contributed by atoms with Gasteiger partial charge in [0.2, 0.25) is 0 Å². The average Bonchev–Trinajstić information content (AvgIpc) is 3.12. The molecular formula is C19H19F3N6O. The first-order valence-corrected chi connectivity index (χ1v) is 9.12. The SMILES string of the molecule is NC1CCN(c2cnc3[nH]c(=O)nc(NCc4cccc(C(F)F)c4F)c3c2)C1. The van der Waals surface area contributed by atoms with Crippen LogP contribution in [0.5, 0.6) is 0 Å². The number of H-pyrrole nitrogens is 1. The van der Waals surface area contributed by atoms with Crippen molar-refractivity contribution in [3.05, 3.63) is 57.9 Å². The maximum absolute atomic E-state index is 14.3. The van der Waals surface area contributed by atoms with Crippen molar-refractivity contribution in [2.24, 2.45) is 5.73 Å². The van der Waals surface area contributed by atoms with Crippen molar-refractivity contribution in [2.45, 2.75) is 25.4 Å². The first kappa shape index (κ1) is 19.2. The van der Waals surface area contributed by atoms with Crippen molar-refractivity contribution in [1.82, 2.24) is 15.0 Å². The molecule has 3 aromatic rings. The Hall–Kier alpha value is -3.14. The molecule has 7 nitrogen and oxygen atoms in total. The van der Waals surface area contributed by atoms with Gasteiger partial charge in [0.25, 0.3) is 6.43 Å². The number of benzene rings is 1. The number of rotatable bonds is 5. The summed E-state index contributed by atoms with van der Waals surface area (Å²) in [6.07, 6.45) is -0.398. The van der Waals surface area contributed by atoms with Gasteiger partial charge in [-0.2, -0.15) is 4.98 Å². The lowest BCUT2D eigenvalue weighted by atomic mass is 10.1. The summed E-state index contributed by atoms with van der Waals surface area (Å²) in [4.78, 5) is 24.7. The molecule has 1 aromatic carbocycles. The van der Waals surface area contributed by atoms with Crippen LogP contribution in [0.15, 0.2) is 35.3 Å². The third-order valence-electron chi connectivity index (χ3n) is 4.95. The van der Waals surface area contributed by atoms with E-state index in [1.807, 2.05) is 6.07 Å².